The Hall–Kier alpha value is -1.07. The molecule has 3 N–H and O–H groups in total. The van der Waals surface area contributed by atoms with Crippen LogP contribution in [-0.4, -0.2) is 14.5 Å². The van der Waals surface area contributed by atoms with Crippen LogP contribution in [0.5, 0.6) is 0 Å². The highest BCUT2D eigenvalue weighted by Crippen LogP contribution is 2.31. The molecule has 1 fully saturated rings. The van der Waals surface area contributed by atoms with E-state index in [0.717, 1.165) is 12.8 Å². The van der Waals surface area contributed by atoms with Crippen LogP contribution in [0.1, 0.15) is 31.7 Å². The van der Waals surface area contributed by atoms with Gasteiger partial charge in [-0.25, -0.2) is 13.1 Å². The van der Waals surface area contributed by atoms with E-state index in [2.05, 4.69) is 4.72 Å². The number of nitrogen functional groups attached to an aromatic ring is 1. The summed E-state index contributed by atoms with van der Waals surface area (Å²) in [6.45, 7) is 3.69. The van der Waals surface area contributed by atoms with Gasteiger partial charge in [0.2, 0.25) is 10.0 Å². The number of rotatable bonds is 4. The van der Waals surface area contributed by atoms with Gasteiger partial charge >= 0.3 is 0 Å². The largest absolute Gasteiger partial charge is 0.398 e. The van der Waals surface area contributed by atoms with E-state index in [1.165, 1.54) is 6.42 Å². The minimum atomic E-state index is -3.52. The summed E-state index contributed by atoms with van der Waals surface area (Å²) in [5, 5.41) is 0. The Kier molecular flexibility index (Phi) is 3.64. The van der Waals surface area contributed by atoms with Gasteiger partial charge in [-0.15, -0.1) is 0 Å². The van der Waals surface area contributed by atoms with Crippen LogP contribution in [0.25, 0.3) is 0 Å². The summed E-state index contributed by atoms with van der Waals surface area (Å²) in [7, 11) is -3.52. The Morgan fingerprint density at radius 3 is 2.56 bits per heavy atom. The van der Waals surface area contributed by atoms with Crippen molar-refractivity contribution in [3.63, 3.8) is 0 Å². The topological polar surface area (TPSA) is 72.2 Å². The maximum Gasteiger partial charge on any atom is 0.243 e. The van der Waals surface area contributed by atoms with E-state index in [-0.39, 0.29) is 10.9 Å². The fraction of sp³-hybridized carbons (Fsp3) is 0.538. The van der Waals surface area contributed by atoms with Gasteiger partial charge in [-0.1, -0.05) is 18.6 Å². The summed E-state index contributed by atoms with van der Waals surface area (Å²) >= 11 is 0. The predicted octanol–water partition coefficient (Wildman–Crippen LogP) is 2.04. The molecule has 1 unspecified atom stereocenters. The molecule has 0 aromatic heterocycles. The number of hydrogen-bond acceptors (Lipinski definition) is 3. The van der Waals surface area contributed by atoms with E-state index in [4.69, 9.17) is 5.73 Å². The third kappa shape index (κ3) is 2.52. The summed E-state index contributed by atoms with van der Waals surface area (Å²) in [4.78, 5) is 0.219. The smallest absolute Gasteiger partial charge is 0.243 e. The average molecular weight is 268 g/mol. The van der Waals surface area contributed by atoms with Gasteiger partial charge in [0.25, 0.3) is 0 Å². The van der Waals surface area contributed by atoms with Crippen LogP contribution in [0.15, 0.2) is 23.1 Å². The van der Waals surface area contributed by atoms with Crippen LogP contribution >= 0.6 is 0 Å². The van der Waals surface area contributed by atoms with E-state index < -0.39 is 10.0 Å². The van der Waals surface area contributed by atoms with Gasteiger partial charge in [-0.3, -0.25) is 0 Å². The molecule has 2 rings (SSSR count). The fourth-order valence-electron chi connectivity index (χ4n) is 2.38. The molecule has 1 aromatic rings. The van der Waals surface area contributed by atoms with Crippen LogP contribution in [-0.2, 0) is 10.0 Å². The van der Waals surface area contributed by atoms with Crippen molar-refractivity contribution >= 4 is 15.7 Å². The normalized spacial score (nSPS) is 18.3. The summed E-state index contributed by atoms with van der Waals surface area (Å²) < 4.78 is 27.4. The predicted molar refractivity (Wildman–Crippen MR) is 72.7 cm³/mol. The molecule has 100 valence electrons. The first-order valence-corrected chi connectivity index (χ1v) is 7.77. The average Bonchev–Trinajstić information content (AvgIpc) is 2.11. The van der Waals surface area contributed by atoms with Gasteiger partial charge in [0.05, 0.1) is 5.69 Å². The summed E-state index contributed by atoms with van der Waals surface area (Å²) in [5.41, 5.74) is 6.78. The second-order valence-corrected chi connectivity index (χ2v) is 6.75. The second-order valence-electron chi connectivity index (χ2n) is 5.09. The van der Waals surface area contributed by atoms with Crippen LogP contribution < -0.4 is 10.5 Å². The van der Waals surface area contributed by atoms with E-state index in [1.54, 1.807) is 25.1 Å². The molecule has 1 saturated carbocycles. The zero-order valence-electron chi connectivity index (χ0n) is 10.8. The maximum absolute atomic E-state index is 12.3. The Balaban J connectivity index is 2.25. The number of benzene rings is 1. The first-order valence-electron chi connectivity index (χ1n) is 6.29. The van der Waals surface area contributed by atoms with Crippen molar-refractivity contribution < 1.29 is 8.42 Å². The van der Waals surface area contributed by atoms with Crippen LogP contribution in [0.3, 0.4) is 0 Å². The number of nitrogens with two attached hydrogens (primary N) is 1. The van der Waals surface area contributed by atoms with Gasteiger partial charge < -0.3 is 5.73 Å². The Bertz CT molecular complexity index is 516. The van der Waals surface area contributed by atoms with Crippen molar-refractivity contribution in [3.05, 3.63) is 23.8 Å². The van der Waals surface area contributed by atoms with E-state index in [9.17, 15) is 8.42 Å². The molecule has 0 radical (unpaired) electrons. The molecule has 0 saturated heterocycles. The van der Waals surface area contributed by atoms with Crippen molar-refractivity contribution in [2.75, 3.05) is 5.73 Å². The van der Waals surface area contributed by atoms with Crippen molar-refractivity contribution in [3.8, 4) is 0 Å². The van der Waals surface area contributed by atoms with Crippen LogP contribution in [0.2, 0.25) is 0 Å². The monoisotopic (exact) mass is 268 g/mol. The highest BCUT2D eigenvalue weighted by atomic mass is 32.2. The third-order valence-corrected chi connectivity index (χ3v) is 5.49. The number of anilines is 1. The highest BCUT2D eigenvalue weighted by molar-refractivity contribution is 7.89. The molecule has 1 aromatic carbocycles. The van der Waals surface area contributed by atoms with Gasteiger partial charge in [-0.2, -0.15) is 0 Å². The highest BCUT2D eigenvalue weighted by Gasteiger charge is 2.29. The number of hydrogen-bond donors (Lipinski definition) is 2. The summed E-state index contributed by atoms with van der Waals surface area (Å²) in [6.07, 6.45) is 3.41. The molecule has 1 aliphatic carbocycles. The Morgan fingerprint density at radius 2 is 2.06 bits per heavy atom. The molecule has 0 heterocycles. The molecule has 0 amide bonds. The lowest BCUT2D eigenvalue weighted by molar-refractivity contribution is 0.260. The van der Waals surface area contributed by atoms with Crippen LogP contribution in [0.4, 0.5) is 5.69 Å². The quantitative estimate of drug-likeness (QED) is 0.821. The lowest BCUT2D eigenvalue weighted by atomic mass is 9.81. The Labute approximate surface area is 109 Å². The zero-order valence-corrected chi connectivity index (χ0v) is 11.6. The SMILES string of the molecule is Cc1cccc(N)c1S(=O)(=O)NC(C)C1CCC1. The fourth-order valence-corrected chi connectivity index (χ4v) is 4.05. The molecule has 1 aliphatic rings. The van der Waals surface area contributed by atoms with Gasteiger partial charge in [0.15, 0.2) is 0 Å². The van der Waals surface area contributed by atoms with Crippen molar-refractivity contribution in [2.24, 2.45) is 5.92 Å². The minimum absolute atomic E-state index is 0.0252. The zero-order chi connectivity index (χ0) is 13.3. The van der Waals surface area contributed by atoms with Crippen molar-refractivity contribution in [1.29, 1.82) is 0 Å². The Morgan fingerprint density at radius 1 is 1.39 bits per heavy atom. The van der Waals surface area contributed by atoms with E-state index >= 15 is 0 Å². The summed E-state index contributed by atoms with van der Waals surface area (Å²) in [6, 6.07) is 5.12. The molecular formula is C13H20N2O2S. The molecule has 1 atom stereocenters. The maximum atomic E-state index is 12.3. The van der Waals surface area contributed by atoms with Gasteiger partial charge in [0, 0.05) is 6.04 Å². The molecular weight excluding hydrogens is 248 g/mol. The molecule has 0 aliphatic heterocycles. The lowest BCUT2D eigenvalue weighted by Crippen LogP contribution is -2.41. The third-order valence-electron chi connectivity index (χ3n) is 3.71. The van der Waals surface area contributed by atoms with E-state index in [0.29, 0.717) is 17.2 Å². The first-order chi connectivity index (χ1) is 8.42. The molecule has 18 heavy (non-hydrogen) atoms. The van der Waals surface area contributed by atoms with E-state index in [1.807, 2.05) is 6.92 Å². The molecule has 0 spiro atoms. The molecule has 4 nitrogen and oxygen atoms in total. The summed E-state index contributed by atoms with van der Waals surface area (Å²) in [5.74, 6) is 0.463. The number of sulfonamides is 1. The number of nitrogens with one attached hydrogen (secondary N) is 1. The molecule has 0 bridgehead atoms. The van der Waals surface area contributed by atoms with Gasteiger partial charge in [0.1, 0.15) is 4.90 Å². The van der Waals surface area contributed by atoms with Crippen molar-refractivity contribution in [2.45, 2.75) is 44.0 Å². The second kappa shape index (κ2) is 4.90. The first kappa shape index (κ1) is 13.4. The lowest BCUT2D eigenvalue weighted by Gasteiger charge is -2.31. The minimum Gasteiger partial charge on any atom is -0.398 e. The van der Waals surface area contributed by atoms with Gasteiger partial charge in [-0.05, 0) is 44.2 Å². The molecule has 5 heteroatoms. The standard InChI is InChI=1S/C13H20N2O2S/c1-9-5-3-8-12(14)13(9)18(16,17)15-10(2)11-6-4-7-11/h3,5,8,10-11,15H,4,6-7,14H2,1-2H3. The van der Waals surface area contributed by atoms with Crippen LogP contribution in [0, 0.1) is 12.8 Å². The number of aryl methyl sites for hydroxylation is 1. The van der Waals surface area contributed by atoms with Crippen molar-refractivity contribution in [1.82, 2.24) is 4.72 Å².